The summed E-state index contributed by atoms with van der Waals surface area (Å²) in [6.45, 7) is 5.27. The Hall–Kier alpha value is -4.79. The van der Waals surface area contributed by atoms with Gasteiger partial charge in [0, 0.05) is 23.4 Å². The number of aliphatic hydroxyl groups is 1. The highest BCUT2D eigenvalue weighted by Gasteiger charge is 2.47. The smallest absolute Gasteiger partial charge is 0.338 e. The molecule has 1 saturated heterocycles. The first-order valence-corrected chi connectivity index (χ1v) is 11.5. The van der Waals surface area contributed by atoms with Gasteiger partial charge in [0.1, 0.15) is 5.76 Å². The maximum atomic E-state index is 13.4. The van der Waals surface area contributed by atoms with Crippen LogP contribution in [0.5, 0.6) is 0 Å². The Labute approximate surface area is 212 Å². The summed E-state index contributed by atoms with van der Waals surface area (Å²) in [5, 5.41) is 22.5. The highest BCUT2D eigenvalue weighted by molar-refractivity contribution is 6.51. The lowest BCUT2D eigenvalue weighted by Gasteiger charge is -2.26. The molecule has 1 fully saturated rings. The van der Waals surface area contributed by atoms with E-state index >= 15 is 0 Å². The molecule has 1 amide bonds. The van der Waals surface area contributed by atoms with E-state index < -0.39 is 34.4 Å². The number of ketones is 1. The molecular weight excluding hydrogens is 476 g/mol. The number of esters is 1. The van der Waals surface area contributed by atoms with E-state index in [9.17, 15) is 29.6 Å². The van der Waals surface area contributed by atoms with Gasteiger partial charge in [-0.3, -0.25) is 24.6 Å². The van der Waals surface area contributed by atoms with Crippen LogP contribution < -0.4 is 4.90 Å². The van der Waals surface area contributed by atoms with E-state index in [0.29, 0.717) is 5.56 Å². The van der Waals surface area contributed by atoms with Crippen molar-refractivity contribution in [1.82, 2.24) is 0 Å². The van der Waals surface area contributed by atoms with Crippen molar-refractivity contribution in [3.05, 3.63) is 111 Å². The Morgan fingerprint density at radius 2 is 1.68 bits per heavy atom. The molecule has 1 heterocycles. The number of amides is 1. The van der Waals surface area contributed by atoms with Crippen LogP contribution in [0.3, 0.4) is 0 Å². The van der Waals surface area contributed by atoms with Crippen LogP contribution in [0.4, 0.5) is 11.4 Å². The van der Waals surface area contributed by atoms with E-state index in [4.69, 9.17) is 4.74 Å². The number of anilines is 1. The monoisotopic (exact) mass is 500 g/mol. The average Bonchev–Trinajstić information content (AvgIpc) is 3.13. The van der Waals surface area contributed by atoms with Crippen LogP contribution >= 0.6 is 0 Å². The Morgan fingerprint density at radius 1 is 1.00 bits per heavy atom. The molecule has 9 nitrogen and oxygen atoms in total. The average molecular weight is 501 g/mol. The maximum absolute atomic E-state index is 13.4. The third kappa shape index (κ3) is 4.97. The van der Waals surface area contributed by atoms with Crippen molar-refractivity contribution >= 4 is 34.8 Å². The molecule has 0 aromatic heterocycles. The fraction of sp³-hybridized carbons (Fsp3) is 0.179. The summed E-state index contributed by atoms with van der Waals surface area (Å²) >= 11 is 0. The minimum Gasteiger partial charge on any atom is -0.507 e. The summed E-state index contributed by atoms with van der Waals surface area (Å²) in [6, 6.07) is 17.4. The second-order valence-corrected chi connectivity index (χ2v) is 8.90. The molecule has 9 heteroatoms. The highest BCUT2D eigenvalue weighted by atomic mass is 16.6. The zero-order valence-electron chi connectivity index (χ0n) is 20.4. The largest absolute Gasteiger partial charge is 0.507 e. The van der Waals surface area contributed by atoms with Gasteiger partial charge >= 0.3 is 5.97 Å². The lowest BCUT2D eigenvalue weighted by Crippen LogP contribution is -2.29. The SMILES string of the molecule is Cc1cccc(C2/C(=C(/O)c3cccc([N+](=O)[O-])c3)C(=O)C(=O)N2c2cccc(C(=O)OC(C)C)c2)c1. The number of nitro groups is 1. The Kier molecular flexibility index (Phi) is 6.88. The van der Waals surface area contributed by atoms with E-state index in [2.05, 4.69) is 0 Å². The van der Waals surface area contributed by atoms with Crippen LogP contribution in [0.2, 0.25) is 0 Å². The van der Waals surface area contributed by atoms with Crippen LogP contribution in [0.25, 0.3) is 5.76 Å². The highest BCUT2D eigenvalue weighted by Crippen LogP contribution is 2.42. The first-order valence-electron chi connectivity index (χ1n) is 11.5. The predicted molar refractivity (Wildman–Crippen MR) is 136 cm³/mol. The van der Waals surface area contributed by atoms with Gasteiger partial charge in [0.25, 0.3) is 17.4 Å². The zero-order valence-corrected chi connectivity index (χ0v) is 20.4. The third-order valence-corrected chi connectivity index (χ3v) is 5.84. The number of ether oxygens (including phenoxy) is 1. The number of rotatable bonds is 6. The molecule has 4 rings (SSSR count). The molecule has 1 unspecified atom stereocenters. The van der Waals surface area contributed by atoms with Gasteiger partial charge in [-0.05, 0) is 44.5 Å². The van der Waals surface area contributed by atoms with Crippen molar-refractivity contribution in [1.29, 1.82) is 0 Å². The van der Waals surface area contributed by atoms with Crippen molar-refractivity contribution in [3.8, 4) is 0 Å². The summed E-state index contributed by atoms with van der Waals surface area (Å²) in [5.74, 6) is -2.98. The first kappa shape index (κ1) is 25.3. The lowest BCUT2D eigenvalue weighted by atomic mass is 9.94. The number of aliphatic hydroxyl groups excluding tert-OH is 1. The van der Waals surface area contributed by atoms with Gasteiger partial charge < -0.3 is 9.84 Å². The lowest BCUT2D eigenvalue weighted by molar-refractivity contribution is -0.384. The Bertz CT molecular complexity index is 1460. The summed E-state index contributed by atoms with van der Waals surface area (Å²) in [7, 11) is 0. The number of non-ortho nitro benzene ring substituents is 1. The maximum Gasteiger partial charge on any atom is 0.338 e. The standard InChI is InChI=1S/C28H24N2O7/c1-16(2)37-28(34)20-10-6-11-21(15-20)29-24(18-8-4-7-17(3)13-18)23(26(32)27(29)33)25(31)19-9-5-12-22(14-19)30(35)36/h4-16,24,31H,1-3H3/b25-23-. The van der Waals surface area contributed by atoms with E-state index in [1.54, 1.807) is 44.2 Å². The van der Waals surface area contributed by atoms with Crippen LogP contribution in [-0.4, -0.2) is 33.8 Å². The summed E-state index contributed by atoms with van der Waals surface area (Å²) < 4.78 is 5.26. The van der Waals surface area contributed by atoms with E-state index in [-0.39, 0.29) is 34.2 Å². The molecule has 1 N–H and O–H groups in total. The minimum absolute atomic E-state index is 0.0270. The van der Waals surface area contributed by atoms with Crippen molar-refractivity contribution in [2.24, 2.45) is 0 Å². The quantitative estimate of drug-likeness (QED) is 0.125. The normalized spacial score (nSPS) is 16.8. The molecule has 37 heavy (non-hydrogen) atoms. The molecule has 1 aliphatic heterocycles. The van der Waals surface area contributed by atoms with Gasteiger partial charge in [-0.2, -0.15) is 0 Å². The van der Waals surface area contributed by atoms with Crippen molar-refractivity contribution in [2.75, 3.05) is 4.90 Å². The molecule has 3 aromatic rings. The Morgan fingerprint density at radius 3 is 2.35 bits per heavy atom. The predicted octanol–water partition coefficient (Wildman–Crippen LogP) is 5.09. The van der Waals surface area contributed by atoms with Crippen LogP contribution in [0.1, 0.15) is 46.9 Å². The molecule has 0 radical (unpaired) electrons. The summed E-state index contributed by atoms with van der Waals surface area (Å²) in [5.41, 5.74) is 1.38. The number of hydrogen-bond donors (Lipinski definition) is 1. The fourth-order valence-electron chi connectivity index (χ4n) is 4.24. The molecule has 1 atom stereocenters. The number of nitrogens with zero attached hydrogens (tertiary/aromatic N) is 2. The molecule has 0 saturated carbocycles. The number of aryl methyl sites for hydroxylation is 1. The number of nitro benzene ring substituents is 1. The topological polar surface area (TPSA) is 127 Å². The van der Waals surface area contributed by atoms with Crippen LogP contribution in [0, 0.1) is 17.0 Å². The zero-order chi connectivity index (χ0) is 26.9. The number of carbonyl (C=O) groups is 3. The van der Waals surface area contributed by atoms with E-state index in [1.165, 1.54) is 35.2 Å². The fourth-order valence-corrected chi connectivity index (χ4v) is 4.24. The van der Waals surface area contributed by atoms with Crippen molar-refractivity contribution < 1.29 is 29.2 Å². The molecule has 0 spiro atoms. The second kappa shape index (κ2) is 10.1. The van der Waals surface area contributed by atoms with Gasteiger partial charge in [-0.25, -0.2) is 4.79 Å². The summed E-state index contributed by atoms with van der Waals surface area (Å²) in [4.78, 5) is 51.1. The van der Waals surface area contributed by atoms with Crippen LogP contribution in [-0.2, 0) is 14.3 Å². The molecule has 1 aliphatic rings. The van der Waals surface area contributed by atoms with Crippen LogP contribution in [0.15, 0.2) is 78.4 Å². The molecule has 0 bridgehead atoms. The number of benzene rings is 3. The second-order valence-electron chi connectivity index (χ2n) is 8.90. The number of hydrogen-bond acceptors (Lipinski definition) is 7. The van der Waals surface area contributed by atoms with Gasteiger partial charge in [0.05, 0.1) is 28.2 Å². The molecule has 0 aliphatic carbocycles. The molecule has 188 valence electrons. The van der Waals surface area contributed by atoms with Gasteiger partial charge in [0.2, 0.25) is 0 Å². The molecule has 3 aromatic carbocycles. The van der Waals surface area contributed by atoms with Gasteiger partial charge in [-0.1, -0.05) is 48.0 Å². The third-order valence-electron chi connectivity index (χ3n) is 5.84. The van der Waals surface area contributed by atoms with Crippen molar-refractivity contribution in [2.45, 2.75) is 32.9 Å². The Balaban J connectivity index is 1.91. The van der Waals surface area contributed by atoms with E-state index in [0.717, 1.165) is 11.6 Å². The van der Waals surface area contributed by atoms with Gasteiger partial charge in [-0.15, -0.1) is 0 Å². The van der Waals surface area contributed by atoms with Gasteiger partial charge in [0.15, 0.2) is 0 Å². The first-order chi connectivity index (χ1) is 17.6. The summed E-state index contributed by atoms with van der Waals surface area (Å²) in [6.07, 6.45) is -0.354. The number of Topliss-reactive ketones (excluding diaryl/α,β-unsaturated/α-hetero) is 1. The van der Waals surface area contributed by atoms with Crippen molar-refractivity contribution in [3.63, 3.8) is 0 Å². The minimum atomic E-state index is -1.05. The molecular formula is C28H24N2O7. The number of carbonyl (C=O) groups excluding carboxylic acids is 3. The van der Waals surface area contributed by atoms with E-state index in [1.807, 2.05) is 13.0 Å².